The molecule has 0 aromatic carbocycles. The third-order valence-corrected chi connectivity index (χ3v) is 25.4. The van der Waals surface area contributed by atoms with E-state index in [0.29, 0.717) is 50.8 Å². The van der Waals surface area contributed by atoms with E-state index in [1.54, 1.807) is 20.0 Å². The number of nitrogens with zero attached hydrogens (tertiary/aromatic N) is 7. The van der Waals surface area contributed by atoms with Gasteiger partial charge in [0.15, 0.2) is 52.9 Å². The van der Waals surface area contributed by atoms with Gasteiger partial charge in [-0.15, -0.1) is 0 Å². The van der Waals surface area contributed by atoms with Crippen LogP contribution in [0.3, 0.4) is 0 Å². The summed E-state index contributed by atoms with van der Waals surface area (Å²) in [5.74, 6) is -18.8. The van der Waals surface area contributed by atoms with Crippen LogP contribution in [0.5, 0.6) is 0 Å². The molecule has 0 saturated carbocycles. The number of H-pyrrole nitrogens is 1. The molecule has 0 aliphatic carbocycles. The van der Waals surface area contributed by atoms with E-state index >= 15 is 0 Å². The first-order chi connectivity index (χ1) is 71.0. The molecule has 0 bridgehead atoms. The molecule has 1 aliphatic heterocycles. The fraction of sp³-hybridized carbons (Fsp3) is 0.727. The van der Waals surface area contributed by atoms with Crippen LogP contribution in [0.2, 0.25) is 0 Å². The van der Waals surface area contributed by atoms with E-state index in [2.05, 4.69) is 84.4 Å². The summed E-state index contributed by atoms with van der Waals surface area (Å²) in [6.07, 6.45) is 18.0. The number of aromatic nitrogens is 2. The molecule has 2 rings (SSSR count). The number of Topliss-reactive ketones (excluding diaryl/α,β-unsaturated/α-hetero) is 5. The van der Waals surface area contributed by atoms with Gasteiger partial charge in [0.25, 0.3) is 0 Å². The van der Waals surface area contributed by atoms with E-state index in [1.165, 1.54) is 76.1 Å². The van der Waals surface area contributed by atoms with Crippen LogP contribution in [0.4, 0.5) is 0 Å². The van der Waals surface area contributed by atoms with Crippen LogP contribution in [0.15, 0.2) is 37.5 Å². The van der Waals surface area contributed by atoms with Crippen molar-refractivity contribution in [1.29, 1.82) is 0 Å². The lowest BCUT2D eigenvalue weighted by Crippen LogP contribution is -2.56. The molecule has 41 N–H and O–H groups in total. The summed E-state index contributed by atoms with van der Waals surface area (Å²) in [5.41, 5.74) is 88.5. The number of likely N-dealkylation sites (tertiary alicyclic amines) is 1. The maximum absolute atomic E-state index is 14.7. The first-order valence-corrected chi connectivity index (χ1v) is 52.7. The fourth-order valence-corrected chi connectivity index (χ4v) is 17.1. The third-order valence-electron chi connectivity index (χ3n) is 25.4. The average molecular weight is 2120 g/mol. The van der Waals surface area contributed by atoms with Crippen molar-refractivity contribution in [3.05, 3.63) is 18.2 Å². The molecule has 848 valence electrons. The number of guanidine groups is 5. The summed E-state index contributed by atoms with van der Waals surface area (Å²) in [6.45, 7) is 10.1. The molecule has 1 aromatic heterocycles. The van der Waals surface area contributed by atoms with Crippen LogP contribution in [0.1, 0.15) is 316 Å². The maximum atomic E-state index is 14.7. The number of nitrogens with one attached hydrogen (secondary N) is 9. The molecule has 0 unspecified atom stereocenters. The number of hydrogen-bond donors (Lipinski definition) is 25. The number of amides is 14. The predicted octanol–water partition coefficient (Wildman–Crippen LogP) is -1.93. The van der Waals surface area contributed by atoms with E-state index < -0.39 is 203 Å². The van der Waals surface area contributed by atoms with Crippen molar-refractivity contribution in [2.75, 3.05) is 52.9 Å². The molecule has 150 heavy (non-hydrogen) atoms. The van der Waals surface area contributed by atoms with Crippen LogP contribution in [-0.4, -0.2) is 257 Å². The smallest absolute Gasteiger partial charge is 0.243 e. The van der Waals surface area contributed by atoms with E-state index in [-0.39, 0.29) is 234 Å². The third kappa shape index (κ3) is 62.0. The first kappa shape index (κ1) is 134. The van der Waals surface area contributed by atoms with Crippen LogP contribution in [0, 0.1) is 41.4 Å². The zero-order valence-corrected chi connectivity index (χ0v) is 89.0. The molecule has 0 radical (unpaired) electrons. The van der Waals surface area contributed by atoms with Crippen molar-refractivity contribution in [3.8, 4) is 0 Å². The number of imidazole rings is 1. The van der Waals surface area contributed by atoms with Gasteiger partial charge in [-0.25, -0.2) is 4.98 Å². The molecule has 1 aromatic rings. The van der Waals surface area contributed by atoms with Crippen LogP contribution >= 0.6 is 0 Å². The summed E-state index contributed by atoms with van der Waals surface area (Å²) >= 11 is 0. The van der Waals surface area contributed by atoms with Gasteiger partial charge in [0.2, 0.25) is 82.7 Å². The summed E-state index contributed by atoms with van der Waals surface area (Å²) in [6, 6.07) is -9.75. The number of nitrogens with two attached hydrogens (primary N) is 16. The van der Waals surface area contributed by atoms with Gasteiger partial charge < -0.3 is 144 Å². The first-order valence-electron chi connectivity index (χ1n) is 52.7. The largest absolute Gasteiger partial charge is 0.370 e. The van der Waals surface area contributed by atoms with Gasteiger partial charge in [-0.3, -0.25) is 116 Å². The van der Waals surface area contributed by atoms with Crippen LogP contribution < -0.4 is 134 Å². The Balaban J connectivity index is 0.00000153. The molecular formula is C99H178N32O19. The average Bonchev–Trinajstić information content (AvgIpc) is 1.66. The van der Waals surface area contributed by atoms with E-state index in [4.69, 9.17) is 91.7 Å². The lowest BCUT2D eigenvalue weighted by atomic mass is 9.87. The Hall–Kier alpha value is -13.5. The molecule has 1 aliphatic rings. The van der Waals surface area contributed by atoms with Crippen molar-refractivity contribution in [2.24, 2.45) is 158 Å². The zero-order valence-electron chi connectivity index (χ0n) is 89.0. The summed E-state index contributed by atoms with van der Waals surface area (Å²) < 4.78 is 0. The number of aliphatic imine (C=N–C) groups is 5. The van der Waals surface area contributed by atoms with Gasteiger partial charge in [0.1, 0.15) is 30.0 Å². The number of carbonyl (C=O) groups is 19. The molecule has 1 fully saturated rings. The summed E-state index contributed by atoms with van der Waals surface area (Å²) in [4.78, 5) is 283. The minimum absolute atomic E-state index is 0.000866. The lowest BCUT2D eigenvalue weighted by Gasteiger charge is -2.30. The van der Waals surface area contributed by atoms with E-state index in [9.17, 15) is 91.1 Å². The molecule has 2 heterocycles. The maximum Gasteiger partial charge on any atom is 0.243 e. The normalized spacial score (nSPS) is 14.5. The number of unbranched alkanes of at least 4 members (excludes halogenated alkanes) is 13. The lowest BCUT2D eigenvalue weighted by molar-refractivity contribution is -0.144. The number of hydrogen-bond acceptors (Lipinski definition) is 26. The highest BCUT2D eigenvalue weighted by Gasteiger charge is 2.42. The highest BCUT2D eigenvalue weighted by molar-refractivity contribution is 6.00. The van der Waals surface area contributed by atoms with Crippen LogP contribution in [0.25, 0.3) is 0 Å². The van der Waals surface area contributed by atoms with Gasteiger partial charge in [0.05, 0.1) is 30.5 Å². The molecule has 1 saturated heterocycles. The molecule has 51 nitrogen and oxygen atoms in total. The quantitative estimate of drug-likeness (QED) is 0.0192. The van der Waals surface area contributed by atoms with Crippen molar-refractivity contribution < 1.29 is 91.1 Å². The fourth-order valence-electron chi connectivity index (χ4n) is 17.1. The molecule has 0 spiro atoms. The summed E-state index contributed by atoms with van der Waals surface area (Å²) in [7, 11) is 1.42. The highest BCUT2D eigenvalue weighted by atomic mass is 16.2. The molecule has 14 amide bonds. The molecule has 13 atom stereocenters. The van der Waals surface area contributed by atoms with Crippen LogP contribution in [-0.2, 0) is 97.5 Å². The Labute approximate surface area is 880 Å². The number of rotatable bonds is 85. The number of carbonyl (C=O) groups excluding carboxylic acids is 19. The number of ketones is 5. The zero-order chi connectivity index (χ0) is 113. The van der Waals surface area contributed by atoms with E-state index in [0.717, 1.165) is 19.3 Å². The van der Waals surface area contributed by atoms with Gasteiger partial charge in [-0.1, -0.05) is 112 Å². The Morgan fingerprint density at radius 3 is 1.09 bits per heavy atom. The second-order valence-electron chi connectivity index (χ2n) is 39.1. The second-order valence-corrected chi connectivity index (χ2v) is 39.1. The monoisotopic (exact) mass is 2120 g/mol. The minimum atomic E-state index is -1.55. The summed E-state index contributed by atoms with van der Waals surface area (Å²) in [5, 5.41) is 21.6. The van der Waals surface area contributed by atoms with Gasteiger partial charge >= 0.3 is 0 Å². The van der Waals surface area contributed by atoms with Crippen molar-refractivity contribution in [1.82, 2.24) is 57.4 Å². The molecular weight excluding hydrogens is 1940 g/mol. The number of primary amides is 5. The standard InChI is InChI=1S/C51H91N19O12.C48H87N13O7/c1-28(2)37(71)25-29(14-17-40(53)74)44(78)66-32(11-6-22-64-50(59)60)39(73)27-31(9-5-21-63-49(57)58)48(82)70-24-8-13-36(70)47(81)69-35(16-19-42(55)76)46(80)67-33(12-7-23-65-51(61)62)38(72)26-30(15-18-41(54)75)45(79)68-34(43(56)77)10-3-4-20-52;1-5-6-7-8-9-10-11-12-13-14-15-16-17-22-43(65)59-39(30-36-31-55-32-58-36)46(68)61-38(21-19-26-57-48(52)53)41(63)29-35(27-33(2)3)45(67)60-37(20-18-25-56-47(50)51)40(62)28-34(44(66)54-4)23-24-42(49)64/h28-36H,3-27,52H2,1-2H3,(H2,53,74)(H2,54,75)(H2,55,76)(H2,56,77)(H,66,78)(H,67,80)(H,68,79)(H,69,81)(H4,57,58,63)(H4,59,60,64)(H4,61,62,65);31-35,37-39H,5-30H2,1-4H3,(H2,49,64)(H,54,66)(H,55,58)(H,59,65)(H,60,67)(H,61,68)(H4,50,51,56)(H4,52,53,57)/t29-,30-,31-,32+,33+,34+,35+,36+;34-,35-,37+,38+,39+/m11/s1. The van der Waals surface area contributed by atoms with Crippen molar-refractivity contribution in [2.45, 2.75) is 365 Å². The minimum Gasteiger partial charge on any atom is -0.370 e. The van der Waals surface area contributed by atoms with Gasteiger partial charge in [-0.05, 0) is 147 Å². The second kappa shape index (κ2) is 77.8. The number of aromatic amines is 1. The van der Waals surface area contributed by atoms with Gasteiger partial charge in [-0.2, -0.15) is 0 Å². The van der Waals surface area contributed by atoms with Gasteiger partial charge in [0, 0.05) is 164 Å². The Morgan fingerprint density at radius 2 is 0.720 bits per heavy atom. The topological polar surface area (TPSA) is 931 Å². The van der Waals surface area contributed by atoms with E-state index in [1.807, 2.05) is 13.8 Å². The Bertz CT molecular complexity index is 4530. The Kier molecular flexibility index (Phi) is 69.7. The predicted molar refractivity (Wildman–Crippen MR) is 570 cm³/mol. The molecule has 51 heteroatoms. The van der Waals surface area contributed by atoms with Crippen molar-refractivity contribution in [3.63, 3.8) is 0 Å². The SMILES string of the molecule is CC(C)C(=O)C[C@@H](CCC(N)=O)C(=O)N[C@@H](CCCN=C(N)N)C(=O)C[C@@H](CCCN=C(N)N)C(=O)N1CCC[C@H]1C(=O)N[C@@H](CCC(N)=O)C(=O)N[C@@H](CCCN=C(N)N)C(=O)C[C@@H](CCC(N)=O)C(=O)N[C@@H](CCCCN)C(N)=O.CCCCCCCCCCCCCCCC(=O)N[C@@H](Cc1cnc[nH]1)C(=O)N[C@@H](CCCN=C(N)N)C(=O)C[C@@H](CC(C)C)C(=O)N[C@@H](CCCN=C(N)N)C(=O)C[C@@H](CCC(N)=O)C(=O)NC. The Morgan fingerprint density at radius 1 is 0.367 bits per heavy atom. The van der Waals surface area contributed by atoms with Crippen molar-refractivity contribution >= 4 is 141 Å². The highest BCUT2D eigenvalue weighted by Crippen LogP contribution is 2.29.